The van der Waals surface area contributed by atoms with E-state index in [1.54, 1.807) is 15.4 Å². The highest BCUT2D eigenvalue weighted by atomic mass is 19.4. The average Bonchev–Trinajstić information content (AvgIpc) is 2.99. The molecule has 2 aromatic carbocycles. The van der Waals surface area contributed by atoms with Crippen molar-refractivity contribution < 1.29 is 22.4 Å². The first-order valence-electron chi connectivity index (χ1n) is 8.93. The van der Waals surface area contributed by atoms with Gasteiger partial charge < -0.3 is 0 Å². The van der Waals surface area contributed by atoms with Gasteiger partial charge in [-0.1, -0.05) is 22.9 Å². The van der Waals surface area contributed by atoms with Crippen LogP contribution in [0.4, 0.5) is 13.2 Å². The number of halogens is 3. The molecule has 0 atom stereocenters. The lowest BCUT2D eigenvalue weighted by Crippen LogP contribution is -2.42. The number of nitrogens with zero attached hydrogens (tertiary/aromatic N) is 3. The summed E-state index contributed by atoms with van der Waals surface area (Å²) in [6.07, 6.45) is -0.788. The molecule has 0 radical (unpaired) electrons. The zero-order valence-corrected chi connectivity index (χ0v) is 15.8. The van der Waals surface area contributed by atoms with Crippen LogP contribution in [0.1, 0.15) is 16.8 Å². The Morgan fingerprint density at radius 1 is 0.893 bits per heavy atom. The Balaban J connectivity index is 2.05. The third kappa shape index (κ3) is 2.95. The maximum absolute atomic E-state index is 13.7. The molecule has 0 fully saturated rings. The number of aryl methyl sites for hydroxylation is 2. The topological polar surface area (TPSA) is 12.7 Å². The van der Waals surface area contributed by atoms with E-state index in [0.29, 0.717) is 11.4 Å². The van der Waals surface area contributed by atoms with Gasteiger partial charge in [0.05, 0.1) is 23.6 Å². The summed E-state index contributed by atoms with van der Waals surface area (Å²) in [6.45, 7) is 3.73. The van der Waals surface area contributed by atoms with E-state index in [-0.39, 0.29) is 0 Å². The normalized spacial score (nSPS) is 11.9. The maximum atomic E-state index is 13.7. The molecule has 4 aromatic rings. The molecule has 2 heterocycles. The predicted molar refractivity (Wildman–Crippen MR) is 100 cm³/mol. The molecule has 0 amide bonds. The largest absolute Gasteiger partial charge is 0.416 e. The fourth-order valence-electron chi connectivity index (χ4n) is 3.59. The molecule has 0 aliphatic rings. The predicted octanol–water partition coefficient (Wildman–Crippen LogP) is 4.37. The second kappa shape index (κ2) is 6.48. The first-order chi connectivity index (χ1) is 13.3. The molecular formula is C22H20F3N3+2. The van der Waals surface area contributed by atoms with Crippen molar-refractivity contribution in [1.29, 1.82) is 0 Å². The highest BCUT2D eigenvalue weighted by Crippen LogP contribution is 2.32. The van der Waals surface area contributed by atoms with Crippen LogP contribution in [0, 0.1) is 13.8 Å². The van der Waals surface area contributed by atoms with Gasteiger partial charge >= 0.3 is 6.18 Å². The Morgan fingerprint density at radius 2 is 1.57 bits per heavy atom. The molecule has 0 bridgehead atoms. The van der Waals surface area contributed by atoms with Crippen molar-refractivity contribution >= 4 is 10.9 Å². The van der Waals surface area contributed by atoms with Gasteiger partial charge in [0.15, 0.2) is 11.9 Å². The van der Waals surface area contributed by atoms with Crippen molar-refractivity contribution in [2.24, 2.45) is 7.05 Å². The highest BCUT2D eigenvalue weighted by molar-refractivity contribution is 5.77. The number of fused-ring (bicyclic) bond motifs is 1. The number of hydrogen-bond acceptors (Lipinski definition) is 0. The number of hydrogen-bond donors (Lipinski definition) is 0. The van der Waals surface area contributed by atoms with Crippen LogP contribution in [0.2, 0.25) is 0 Å². The van der Waals surface area contributed by atoms with Gasteiger partial charge in [0.1, 0.15) is 5.52 Å². The molecule has 4 rings (SSSR count). The van der Waals surface area contributed by atoms with Crippen molar-refractivity contribution in [3.63, 3.8) is 0 Å². The molecule has 0 saturated heterocycles. The van der Waals surface area contributed by atoms with Crippen LogP contribution < -0.4 is 9.25 Å². The number of rotatable bonds is 2. The fourth-order valence-corrected chi connectivity index (χ4v) is 3.59. The van der Waals surface area contributed by atoms with Crippen molar-refractivity contribution in [2.75, 3.05) is 0 Å². The standard InChI is InChI=1S/C22H20F3N3/c1-15-8-6-7-11-27(15)20-12-18(22(23,24)25)13-21(16(20)2)28-14-17-9-4-5-10-19(17)26(28)3/h4-14H,1-3H3/q+2. The third-order valence-electron chi connectivity index (χ3n) is 5.12. The Hall–Kier alpha value is -3.15. The fraction of sp³-hybridized carbons (Fsp3) is 0.182. The van der Waals surface area contributed by atoms with Crippen molar-refractivity contribution in [3.05, 3.63) is 83.8 Å². The molecule has 0 saturated carbocycles. The lowest BCUT2D eigenvalue weighted by atomic mass is 10.1. The van der Waals surface area contributed by atoms with Gasteiger partial charge in [-0.2, -0.15) is 22.4 Å². The van der Waals surface area contributed by atoms with Gasteiger partial charge in [0, 0.05) is 31.2 Å². The van der Waals surface area contributed by atoms with Crippen LogP contribution in [0.5, 0.6) is 0 Å². The highest BCUT2D eigenvalue weighted by Gasteiger charge is 2.36. The molecule has 0 unspecified atom stereocenters. The van der Waals surface area contributed by atoms with Crippen LogP contribution in [-0.2, 0) is 13.2 Å². The van der Waals surface area contributed by atoms with E-state index in [1.165, 1.54) is 12.1 Å². The van der Waals surface area contributed by atoms with Crippen molar-refractivity contribution in [2.45, 2.75) is 20.0 Å². The molecule has 0 N–H and O–H groups in total. The zero-order chi connectivity index (χ0) is 20.1. The summed E-state index contributed by atoms with van der Waals surface area (Å²) in [7, 11) is 1.85. The molecule has 0 aliphatic heterocycles. The minimum atomic E-state index is -4.44. The molecule has 0 aliphatic carbocycles. The second-order valence-corrected chi connectivity index (χ2v) is 6.91. The van der Waals surface area contributed by atoms with Crippen LogP contribution in [0.15, 0.2) is 67.0 Å². The first-order valence-corrected chi connectivity index (χ1v) is 8.93. The number of aromatic nitrogens is 3. The van der Waals surface area contributed by atoms with Gasteiger partial charge in [0.25, 0.3) is 0 Å². The molecule has 3 nitrogen and oxygen atoms in total. The van der Waals surface area contributed by atoms with Gasteiger partial charge in [0.2, 0.25) is 17.6 Å². The van der Waals surface area contributed by atoms with E-state index >= 15 is 0 Å². The van der Waals surface area contributed by atoms with E-state index in [1.807, 2.05) is 74.2 Å². The molecule has 2 aromatic heterocycles. The molecular weight excluding hydrogens is 363 g/mol. The second-order valence-electron chi connectivity index (χ2n) is 6.91. The van der Waals surface area contributed by atoms with E-state index in [2.05, 4.69) is 0 Å². The van der Waals surface area contributed by atoms with E-state index in [0.717, 1.165) is 22.2 Å². The number of alkyl halides is 3. The summed E-state index contributed by atoms with van der Waals surface area (Å²) in [5, 5.41) is 0.965. The Kier molecular flexibility index (Phi) is 4.22. The van der Waals surface area contributed by atoms with Gasteiger partial charge in [-0.25, -0.2) is 0 Å². The van der Waals surface area contributed by atoms with Crippen LogP contribution >= 0.6 is 0 Å². The average molecular weight is 383 g/mol. The Morgan fingerprint density at radius 3 is 2.25 bits per heavy atom. The summed E-state index contributed by atoms with van der Waals surface area (Å²) < 4.78 is 46.5. The molecule has 0 spiro atoms. The minimum Gasteiger partial charge on any atom is -0.166 e. The number of para-hydroxylation sites is 1. The summed E-state index contributed by atoms with van der Waals surface area (Å²) in [6, 6.07) is 15.7. The van der Waals surface area contributed by atoms with Crippen molar-refractivity contribution in [1.82, 2.24) is 4.68 Å². The Labute approximate surface area is 160 Å². The van der Waals surface area contributed by atoms with Crippen LogP contribution in [-0.4, -0.2) is 4.68 Å². The summed E-state index contributed by atoms with van der Waals surface area (Å²) in [4.78, 5) is 0. The summed E-state index contributed by atoms with van der Waals surface area (Å²) in [5.74, 6) is 0. The SMILES string of the molecule is Cc1c(-[n+]2ccccc2C)cc(C(F)(F)F)cc1-[n+]1cc2ccccc2n1C. The Bertz CT molecular complexity index is 1190. The summed E-state index contributed by atoms with van der Waals surface area (Å²) >= 11 is 0. The van der Waals surface area contributed by atoms with E-state index in [9.17, 15) is 13.2 Å². The lowest BCUT2D eigenvalue weighted by Gasteiger charge is -2.11. The first kappa shape index (κ1) is 18.2. The van der Waals surface area contributed by atoms with Gasteiger partial charge in [-0.3, -0.25) is 0 Å². The quantitative estimate of drug-likeness (QED) is 0.456. The minimum absolute atomic E-state index is 0.499. The molecule has 28 heavy (non-hydrogen) atoms. The lowest BCUT2D eigenvalue weighted by molar-refractivity contribution is -0.681. The smallest absolute Gasteiger partial charge is 0.166 e. The molecule has 6 heteroatoms. The zero-order valence-electron chi connectivity index (χ0n) is 15.8. The number of pyridine rings is 1. The molecule has 142 valence electrons. The summed E-state index contributed by atoms with van der Waals surface area (Å²) in [5.41, 5.74) is 2.92. The van der Waals surface area contributed by atoms with E-state index < -0.39 is 11.7 Å². The van der Waals surface area contributed by atoms with Crippen LogP contribution in [0.3, 0.4) is 0 Å². The van der Waals surface area contributed by atoms with Crippen LogP contribution in [0.25, 0.3) is 22.3 Å². The van der Waals surface area contributed by atoms with E-state index in [4.69, 9.17) is 0 Å². The van der Waals surface area contributed by atoms with Crippen molar-refractivity contribution in [3.8, 4) is 11.4 Å². The third-order valence-corrected chi connectivity index (χ3v) is 5.12. The van der Waals surface area contributed by atoms with Gasteiger partial charge in [-0.15, -0.1) is 0 Å². The van der Waals surface area contributed by atoms with Gasteiger partial charge in [-0.05, 0) is 19.1 Å². The monoisotopic (exact) mass is 383 g/mol. The maximum Gasteiger partial charge on any atom is 0.416 e. The number of benzene rings is 2.